The van der Waals surface area contributed by atoms with E-state index in [4.69, 9.17) is 4.74 Å². The van der Waals surface area contributed by atoms with Gasteiger partial charge in [-0.05, 0) is 24.6 Å². The van der Waals surface area contributed by atoms with E-state index in [2.05, 4.69) is 4.98 Å². The Bertz CT molecular complexity index is 368. The largest absolute Gasteiger partial charge is 0.463 e. The molecule has 0 saturated heterocycles. The van der Waals surface area contributed by atoms with Crippen LogP contribution in [0.2, 0.25) is 0 Å². The molecule has 1 aromatic heterocycles. The molecule has 4 nitrogen and oxygen atoms in total. The molecule has 4 heteroatoms. The SMILES string of the molecule is CCOC(=O)/C=C/c1ccc(C=O)nc1. The van der Waals surface area contributed by atoms with Crippen molar-refractivity contribution in [3.05, 3.63) is 35.7 Å². The molecule has 0 aliphatic heterocycles. The Morgan fingerprint density at radius 3 is 2.87 bits per heavy atom. The molecule has 1 heterocycles. The van der Waals surface area contributed by atoms with Crippen LogP contribution in [0.3, 0.4) is 0 Å². The fourth-order valence-corrected chi connectivity index (χ4v) is 0.940. The molecular weight excluding hydrogens is 194 g/mol. The Balaban J connectivity index is 2.64. The lowest BCUT2D eigenvalue weighted by atomic mass is 10.2. The fraction of sp³-hybridized carbons (Fsp3) is 0.182. The molecule has 0 unspecified atom stereocenters. The molecule has 0 amide bonds. The van der Waals surface area contributed by atoms with Gasteiger partial charge >= 0.3 is 5.97 Å². The van der Waals surface area contributed by atoms with Gasteiger partial charge in [0.1, 0.15) is 5.69 Å². The summed E-state index contributed by atoms with van der Waals surface area (Å²) in [5.41, 5.74) is 1.11. The summed E-state index contributed by atoms with van der Waals surface area (Å²) in [5, 5.41) is 0. The summed E-state index contributed by atoms with van der Waals surface area (Å²) in [6.45, 7) is 2.09. The highest BCUT2D eigenvalue weighted by molar-refractivity contribution is 5.87. The molecule has 1 aromatic rings. The molecule has 15 heavy (non-hydrogen) atoms. The van der Waals surface area contributed by atoms with Gasteiger partial charge in [0.15, 0.2) is 6.29 Å². The molecule has 0 aromatic carbocycles. The number of ether oxygens (including phenoxy) is 1. The zero-order chi connectivity index (χ0) is 11.1. The Kier molecular flexibility index (Phi) is 4.22. The summed E-state index contributed by atoms with van der Waals surface area (Å²) in [7, 11) is 0. The van der Waals surface area contributed by atoms with Gasteiger partial charge in [0.25, 0.3) is 0 Å². The highest BCUT2D eigenvalue weighted by atomic mass is 16.5. The van der Waals surface area contributed by atoms with E-state index >= 15 is 0 Å². The van der Waals surface area contributed by atoms with Crippen LogP contribution in [0.1, 0.15) is 23.0 Å². The van der Waals surface area contributed by atoms with Crippen molar-refractivity contribution in [3.63, 3.8) is 0 Å². The van der Waals surface area contributed by atoms with Crippen LogP contribution < -0.4 is 0 Å². The molecule has 0 aliphatic rings. The van der Waals surface area contributed by atoms with E-state index < -0.39 is 5.97 Å². The average molecular weight is 205 g/mol. The number of aromatic nitrogens is 1. The second-order valence-corrected chi connectivity index (χ2v) is 2.72. The minimum atomic E-state index is -0.392. The van der Waals surface area contributed by atoms with Crippen LogP contribution in [0.5, 0.6) is 0 Å². The van der Waals surface area contributed by atoms with Gasteiger partial charge in [-0.3, -0.25) is 9.78 Å². The number of hydrogen-bond acceptors (Lipinski definition) is 4. The van der Waals surface area contributed by atoms with Crippen LogP contribution >= 0.6 is 0 Å². The zero-order valence-corrected chi connectivity index (χ0v) is 8.34. The fourth-order valence-electron chi connectivity index (χ4n) is 0.940. The summed E-state index contributed by atoms with van der Waals surface area (Å²) in [5.74, 6) is -0.392. The Hall–Kier alpha value is -1.97. The molecule has 0 N–H and O–H groups in total. The van der Waals surface area contributed by atoms with E-state index in [0.717, 1.165) is 5.56 Å². The number of esters is 1. The number of hydrogen-bond donors (Lipinski definition) is 0. The molecule has 0 atom stereocenters. The van der Waals surface area contributed by atoms with E-state index in [1.165, 1.54) is 12.3 Å². The van der Waals surface area contributed by atoms with Gasteiger partial charge in [0.05, 0.1) is 6.61 Å². The normalized spacial score (nSPS) is 10.2. The summed E-state index contributed by atoms with van der Waals surface area (Å²) in [4.78, 5) is 25.1. The Morgan fingerprint density at radius 1 is 1.53 bits per heavy atom. The smallest absolute Gasteiger partial charge is 0.330 e. The van der Waals surface area contributed by atoms with E-state index in [0.29, 0.717) is 18.6 Å². The van der Waals surface area contributed by atoms with Crippen molar-refractivity contribution >= 4 is 18.3 Å². The van der Waals surface area contributed by atoms with Crippen LogP contribution in [-0.2, 0) is 9.53 Å². The lowest BCUT2D eigenvalue weighted by molar-refractivity contribution is -0.137. The van der Waals surface area contributed by atoms with Gasteiger partial charge in [0, 0.05) is 12.3 Å². The Labute approximate surface area is 87.6 Å². The van der Waals surface area contributed by atoms with Gasteiger partial charge in [0.2, 0.25) is 0 Å². The Morgan fingerprint density at radius 2 is 2.33 bits per heavy atom. The van der Waals surface area contributed by atoms with Crippen LogP contribution in [0.25, 0.3) is 6.08 Å². The van der Waals surface area contributed by atoms with Crippen molar-refractivity contribution in [2.45, 2.75) is 6.92 Å². The van der Waals surface area contributed by atoms with Crippen molar-refractivity contribution in [1.29, 1.82) is 0 Å². The number of carbonyl (C=O) groups is 2. The third-order valence-corrected chi connectivity index (χ3v) is 1.63. The minimum Gasteiger partial charge on any atom is -0.463 e. The highest BCUT2D eigenvalue weighted by Gasteiger charge is 1.94. The van der Waals surface area contributed by atoms with Crippen LogP contribution in [-0.4, -0.2) is 23.8 Å². The van der Waals surface area contributed by atoms with E-state index in [1.807, 2.05) is 0 Å². The monoisotopic (exact) mass is 205 g/mol. The molecule has 1 rings (SSSR count). The number of pyridine rings is 1. The first-order valence-corrected chi connectivity index (χ1v) is 4.52. The second-order valence-electron chi connectivity index (χ2n) is 2.72. The third-order valence-electron chi connectivity index (χ3n) is 1.63. The van der Waals surface area contributed by atoms with Crippen molar-refractivity contribution in [3.8, 4) is 0 Å². The first-order chi connectivity index (χ1) is 7.26. The van der Waals surface area contributed by atoms with Gasteiger partial charge in [-0.1, -0.05) is 6.07 Å². The van der Waals surface area contributed by atoms with Crippen LogP contribution in [0.4, 0.5) is 0 Å². The predicted octanol–water partition coefficient (Wildman–Crippen LogP) is 1.47. The first-order valence-electron chi connectivity index (χ1n) is 4.52. The molecule has 0 fully saturated rings. The average Bonchev–Trinajstić information content (AvgIpc) is 2.27. The topological polar surface area (TPSA) is 56.3 Å². The number of rotatable bonds is 4. The molecule has 0 radical (unpaired) electrons. The van der Waals surface area contributed by atoms with Crippen molar-refractivity contribution in [2.24, 2.45) is 0 Å². The molecule has 0 saturated carbocycles. The predicted molar refractivity (Wildman–Crippen MR) is 55.3 cm³/mol. The summed E-state index contributed by atoms with van der Waals surface area (Å²) in [6.07, 6.45) is 5.08. The van der Waals surface area contributed by atoms with Gasteiger partial charge in [-0.25, -0.2) is 4.79 Å². The number of carbonyl (C=O) groups excluding carboxylic acids is 2. The lowest BCUT2D eigenvalue weighted by Crippen LogP contribution is -1.98. The standard InChI is InChI=1S/C11H11NO3/c1-2-15-11(14)6-4-9-3-5-10(8-13)12-7-9/h3-8H,2H2,1H3/b6-4+. The van der Waals surface area contributed by atoms with E-state index in [9.17, 15) is 9.59 Å². The molecule has 0 aliphatic carbocycles. The van der Waals surface area contributed by atoms with Gasteiger partial charge < -0.3 is 4.74 Å². The maximum absolute atomic E-state index is 11.0. The molecule has 0 spiro atoms. The number of nitrogens with zero attached hydrogens (tertiary/aromatic N) is 1. The zero-order valence-electron chi connectivity index (χ0n) is 8.34. The minimum absolute atomic E-state index is 0.353. The van der Waals surface area contributed by atoms with Crippen LogP contribution in [0.15, 0.2) is 24.4 Å². The highest BCUT2D eigenvalue weighted by Crippen LogP contribution is 2.01. The second kappa shape index (κ2) is 5.70. The van der Waals surface area contributed by atoms with Crippen molar-refractivity contribution in [2.75, 3.05) is 6.61 Å². The maximum Gasteiger partial charge on any atom is 0.330 e. The molecule has 0 bridgehead atoms. The molecule has 78 valence electrons. The third kappa shape index (κ3) is 3.72. The van der Waals surface area contributed by atoms with Gasteiger partial charge in [-0.2, -0.15) is 0 Å². The van der Waals surface area contributed by atoms with Crippen molar-refractivity contribution in [1.82, 2.24) is 4.98 Å². The summed E-state index contributed by atoms with van der Waals surface area (Å²) >= 11 is 0. The van der Waals surface area contributed by atoms with Crippen molar-refractivity contribution < 1.29 is 14.3 Å². The maximum atomic E-state index is 11.0. The van der Waals surface area contributed by atoms with Gasteiger partial charge in [-0.15, -0.1) is 0 Å². The summed E-state index contributed by atoms with van der Waals surface area (Å²) in [6, 6.07) is 3.28. The lowest BCUT2D eigenvalue weighted by Gasteiger charge is -1.95. The van der Waals surface area contributed by atoms with E-state index in [1.54, 1.807) is 25.1 Å². The van der Waals surface area contributed by atoms with Crippen LogP contribution in [0, 0.1) is 0 Å². The number of aldehydes is 1. The quantitative estimate of drug-likeness (QED) is 0.424. The first kappa shape index (κ1) is 11.1. The summed E-state index contributed by atoms with van der Waals surface area (Å²) < 4.78 is 4.71. The molecular formula is C11H11NO3. The van der Waals surface area contributed by atoms with E-state index in [-0.39, 0.29) is 0 Å².